The number of anilines is 2. The van der Waals surface area contributed by atoms with Crippen molar-refractivity contribution in [2.45, 2.75) is 39.2 Å². The Morgan fingerprint density at radius 2 is 1.59 bits per heavy atom. The Morgan fingerprint density at radius 1 is 0.841 bits per heavy atom. The Morgan fingerprint density at radius 3 is 2.41 bits per heavy atom. The van der Waals surface area contributed by atoms with Crippen LogP contribution in [0.3, 0.4) is 0 Å². The molecule has 0 saturated heterocycles. The van der Waals surface area contributed by atoms with Crippen LogP contribution in [0.1, 0.15) is 43.0 Å². The van der Waals surface area contributed by atoms with Crippen LogP contribution in [0.15, 0.2) is 95.7 Å². The van der Waals surface area contributed by atoms with Crippen LogP contribution in [0.25, 0.3) is 10.8 Å². The van der Waals surface area contributed by atoms with Crippen LogP contribution in [-0.2, 0) is 16.0 Å². The Hall–Kier alpha value is -4.44. The average Bonchev–Trinajstić information content (AvgIpc) is 3.03. The molecule has 3 aromatic carbocycles. The maximum absolute atomic E-state index is 13.5. The Bertz CT molecular complexity index is 1540. The number of aromatic nitrogens is 1. The zero-order valence-corrected chi connectivity index (χ0v) is 26.4. The molecule has 0 aliphatic heterocycles. The molecule has 0 radical (unpaired) electrons. The van der Waals surface area contributed by atoms with E-state index >= 15 is 0 Å². The zero-order valence-electron chi connectivity index (χ0n) is 24.8. The lowest BCUT2D eigenvalue weighted by Gasteiger charge is -2.22. The van der Waals surface area contributed by atoms with Gasteiger partial charge >= 0.3 is 12.2 Å². The first kappa shape index (κ1) is 32.5. The van der Waals surface area contributed by atoms with Gasteiger partial charge < -0.3 is 19.7 Å². The minimum Gasteiger partial charge on any atom is -0.449 e. The van der Waals surface area contributed by atoms with Gasteiger partial charge in [-0.1, -0.05) is 61.5 Å². The average molecular weight is 663 g/mol. The van der Waals surface area contributed by atoms with Gasteiger partial charge in [0.1, 0.15) is 18.7 Å². The lowest BCUT2D eigenvalue weighted by molar-refractivity contribution is -0.697. The lowest BCUT2D eigenvalue weighted by Crippen LogP contribution is -2.39. The number of benzene rings is 3. The summed E-state index contributed by atoms with van der Waals surface area (Å²) in [6.07, 6.45) is 5.83. The number of halogens is 1. The molecule has 0 bridgehead atoms. The van der Waals surface area contributed by atoms with Crippen LogP contribution in [-0.4, -0.2) is 44.4 Å². The van der Waals surface area contributed by atoms with Crippen LogP contribution >= 0.6 is 15.9 Å². The van der Waals surface area contributed by atoms with Crippen molar-refractivity contribution < 1.29 is 28.4 Å². The second-order valence-corrected chi connectivity index (χ2v) is 11.1. The number of pyridine rings is 1. The van der Waals surface area contributed by atoms with Crippen LogP contribution in [0.2, 0.25) is 0 Å². The highest BCUT2D eigenvalue weighted by molar-refractivity contribution is 9.10. The van der Waals surface area contributed by atoms with Crippen molar-refractivity contribution >= 4 is 56.2 Å². The maximum Gasteiger partial charge on any atom is 0.411 e. The van der Waals surface area contributed by atoms with Gasteiger partial charge in [-0.05, 0) is 64.8 Å². The highest BCUT2D eigenvalue weighted by Gasteiger charge is 2.21. The molecule has 0 unspecified atom stereocenters. The minimum absolute atomic E-state index is 0.0368. The van der Waals surface area contributed by atoms with E-state index in [1.165, 1.54) is 0 Å². The quantitative estimate of drug-likeness (QED) is 0.111. The molecule has 0 aliphatic carbocycles. The van der Waals surface area contributed by atoms with E-state index in [0.717, 1.165) is 40.3 Å². The largest absolute Gasteiger partial charge is 0.449 e. The molecule has 3 amide bonds. The number of para-hydroxylation sites is 1. The molecule has 4 rings (SSSR count). The third kappa shape index (κ3) is 9.80. The number of carbonyl (C=O) groups is 3. The molecule has 0 atom stereocenters. The van der Waals surface area contributed by atoms with Crippen LogP contribution in [0, 0.1) is 0 Å². The van der Waals surface area contributed by atoms with Gasteiger partial charge in [0.15, 0.2) is 12.4 Å². The topological polar surface area (TPSA) is 101 Å². The molecule has 0 aliphatic rings. The molecular weight excluding hydrogens is 624 g/mol. The number of hydrogen-bond donors (Lipinski definition) is 2. The maximum atomic E-state index is 13.5. The van der Waals surface area contributed by atoms with Gasteiger partial charge in [-0.25, -0.2) is 14.2 Å². The number of rotatable bonds is 14. The van der Waals surface area contributed by atoms with Gasteiger partial charge in [0.05, 0.1) is 23.3 Å². The molecule has 0 saturated carbocycles. The van der Waals surface area contributed by atoms with E-state index < -0.39 is 12.2 Å². The number of alkyl carbamates (subject to hydrolysis) is 1. The molecule has 1 heterocycles. The van der Waals surface area contributed by atoms with Crippen molar-refractivity contribution in [1.82, 2.24) is 5.32 Å². The second kappa shape index (κ2) is 17.0. The van der Waals surface area contributed by atoms with Crippen molar-refractivity contribution in [3.63, 3.8) is 0 Å². The van der Waals surface area contributed by atoms with Crippen molar-refractivity contribution in [3.05, 3.63) is 101 Å². The van der Waals surface area contributed by atoms with Gasteiger partial charge in [-0.15, -0.1) is 0 Å². The highest BCUT2D eigenvalue weighted by Crippen LogP contribution is 2.23. The van der Waals surface area contributed by atoms with Gasteiger partial charge in [0.25, 0.3) is 5.91 Å². The fraction of sp³-hybridized carbons (Fsp3) is 0.294. The predicted molar refractivity (Wildman–Crippen MR) is 175 cm³/mol. The first-order valence-corrected chi connectivity index (χ1v) is 15.6. The number of hydrogen-bond acceptors (Lipinski definition) is 5. The van der Waals surface area contributed by atoms with E-state index in [2.05, 4.69) is 33.5 Å². The van der Waals surface area contributed by atoms with E-state index in [4.69, 9.17) is 9.47 Å². The molecular formula is C34H38BrN4O5+. The number of nitrogens with zero attached hydrogens (tertiary/aromatic N) is 2. The Kier molecular flexibility index (Phi) is 12.6. The third-order valence-corrected chi connectivity index (χ3v) is 7.26. The van der Waals surface area contributed by atoms with E-state index in [-0.39, 0.29) is 25.7 Å². The van der Waals surface area contributed by atoms with E-state index in [0.29, 0.717) is 30.6 Å². The van der Waals surface area contributed by atoms with Crippen LogP contribution in [0.4, 0.5) is 21.0 Å². The Labute approximate surface area is 266 Å². The lowest BCUT2D eigenvalue weighted by atomic mass is 10.1. The number of aryl methyl sites for hydroxylation is 1. The summed E-state index contributed by atoms with van der Waals surface area (Å²) in [6, 6.07) is 24.7. The molecule has 0 spiro atoms. The van der Waals surface area contributed by atoms with E-state index in [1.54, 1.807) is 11.0 Å². The molecule has 2 N–H and O–H groups in total. The fourth-order valence-corrected chi connectivity index (χ4v) is 5.24. The summed E-state index contributed by atoms with van der Waals surface area (Å²) in [5.41, 5.74) is 1.97. The number of ether oxygens (including phenoxy) is 2. The standard InChI is InChI=1S/C34H37BrN4O5/c1-2-19-38-24-27(23-28(35)25-38)32(40)39(29-14-5-3-6-15-29)20-22-44-33(41)36-18-9-4-10-21-43-34(42)37-31-17-11-13-26-12-7-8-16-30(26)31/h3,5-8,11-17,23-25H,2,4,9-10,18-22H2,1H3,(H-,36,37,41,42)/p+1. The van der Waals surface area contributed by atoms with Crippen molar-refractivity contribution in [3.8, 4) is 0 Å². The minimum atomic E-state index is -0.542. The summed E-state index contributed by atoms with van der Waals surface area (Å²) >= 11 is 3.50. The number of unbranched alkanes of at least 4 members (excludes halogenated alkanes) is 2. The van der Waals surface area contributed by atoms with Crippen molar-refractivity contribution in [2.24, 2.45) is 0 Å². The number of amides is 3. The molecule has 1 aromatic heterocycles. The molecule has 0 fully saturated rings. The number of fused-ring (bicyclic) bond motifs is 1. The van der Waals surface area contributed by atoms with Crippen LogP contribution < -0.4 is 20.1 Å². The molecule has 44 heavy (non-hydrogen) atoms. The first-order valence-electron chi connectivity index (χ1n) is 14.8. The number of nitrogens with one attached hydrogen (secondary N) is 2. The molecule has 10 heteroatoms. The zero-order chi connectivity index (χ0) is 31.1. The first-order chi connectivity index (χ1) is 21.4. The summed E-state index contributed by atoms with van der Waals surface area (Å²) < 4.78 is 13.5. The molecule has 9 nitrogen and oxygen atoms in total. The summed E-state index contributed by atoms with van der Waals surface area (Å²) in [4.78, 5) is 39.6. The van der Waals surface area contributed by atoms with Gasteiger partial charge in [-0.3, -0.25) is 10.1 Å². The van der Waals surface area contributed by atoms with Gasteiger partial charge in [0, 0.05) is 24.0 Å². The monoisotopic (exact) mass is 661 g/mol. The predicted octanol–water partition coefficient (Wildman–Crippen LogP) is 7.09. The SMILES string of the molecule is CCC[n+]1cc(Br)cc(C(=O)N(CCOC(=O)NCCCCCOC(=O)Nc2cccc3ccccc23)c2ccccc2)c1. The summed E-state index contributed by atoms with van der Waals surface area (Å²) in [5, 5.41) is 7.54. The fourth-order valence-electron chi connectivity index (χ4n) is 4.73. The Balaban J connectivity index is 1.15. The van der Waals surface area contributed by atoms with Gasteiger partial charge in [-0.2, -0.15) is 0 Å². The summed E-state index contributed by atoms with van der Waals surface area (Å²) in [6.45, 7) is 3.82. The van der Waals surface area contributed by atoms with E-state index in [9.17, 15) is 14.4 Å². The summed E-state index contributed by atoms with van der Waals surface area (Å²) in [7, 11) is 0. The van der Waals surface area contributed by atoms with Gasteiger partial charge in [0.2, 0.25) is 0 Å². The summed E-state index contributed by atoms with van der Waals surface area (Å²) in [5.74, 6) is -0.181. The van der Waals surface area contributed by atoms with E-state index in [1.807, 2.05) is 89.8 Å². The second-order valence-electron chi connectivity index (χ2n) is 10.2. The van der Waals surface area contributed by atoms with Crippen molar-refractivity contribution in [1.29, 1.82) is 0 Å². The highest BCUT2D eigenvalue weighted by atomic mass is 79.9. The third-order valence-electron chi connectivity index (χ3n) is 6.83. The molecule has 4 aromatic rings. The smallest absolute Gasteiger partial charge is 0.411 e. The number of carbonyl (C=O) groups excluding carboxylic acids is 3. The van der Waals surface area contributed by atoms with Crippen LogP contribution in [0.5, 0.6) is 0 Å². The normalized spacial score (nSPS) is 10.7. The molecule has 230 valence electrons. The van der Waals surface area contributed by atoms with Crippen molar-refractivity contribution in [2.75, 3.05) is 36.5 Å².